The van der Waals surface area contributed by atoms with Gasteiger partial charge in [0.05, 0.1) is 10.9 Å². The predicted molar refractivity (Wildman–Crippen MR) is 93.3 cm³/mol. The number of aromatic amines is 1. The summed E-state index contributed by atoms with van der Waals surface area (Å²) in [5.41, 5.74) is 1.68. The Kier molecular flexibility index (Phi) is 3.84. The molecule has 0 amide bonds. The molecule has 2 aromatic heterocycles. The number of hydrogen-bond acceptors (Lipinski definition) is 5. The second-order valence-electron chi connectivity index (χ2n) is 5.14. The Labute approximate surface area is 141 Å². The van der Waals surface area contributed by atoms with Crippen molar-refractivity contribution in [2.24, 2.45) is 0 Å². The number of nitrogens with one attached hydrogen (secondary N) is 1. The third-order valence-corrected chi connectivity index (χ3v) is 4.58. The van der Waals surface area contributed by atoms with E-state index in [0.717, 1.165) is 5.56 Å². The molecule has 2 heterocycles. The highest BCUT2D eigenvalue weighted by molar-refractivity contribution is 7.98. The number of benzene rings is 2. The van der Waals surface area contributed by atoms with E-state index in [-0.39, 0.29) is 5.56 Å². The summed E-state index contributed by atoms with van der Waals surface area (Å²) in [6.07, 6.45) is 1.38. The maximum atomic E-state index is 12.9. The van der Waals surface area contributed by atoms with E-state index < -0.39 is 0 Å². The average molecular weight is 335 g/mol. The first-order valence-corrected chi connectivity index (χ1v) is 8.36. The van der Waals surface area contributed by atoms with Gasteiger partial charge < -0.3 is 0 Å². The molecule has 0 atom stereocenters. The van der Waals surface area contributed by atoms with Crippen LogP contribution >= 0.6 is 11.8 Å². The molecule has 0 aliphatic rings. The molecular formula is C17H13N5OS. The number of hydrogen-bond donors (Lipinski definition) is 1. The molecule has 4 aromatic rings. The van der Waals surface area contributed by atoms with Crippen LogP contribution in [0, 0.1) is 0 Å². The molecule has 2 aromatic carbocycles. The number of rotatable bonds is 4. The van der Waals surface area contributed by atoms with Crippen LogP contribution in [0.5, 0.6) is 0 Å². The van der Waals surface area contributed by atoms with Gasteiger partial charge in [-0.2, -0.15) is 10.1 Å². The average Bonchev–Trinajstić information content (AvgIpc) is 3.15. The van der Waals surface area contributed by atoms with Gasteiger partial charge in [0.25, 0.3) is 5.56 Å². The summed E-state index contributed by atoms with van der Waals surface area (Å²) in [5, 5.41) is 7.73. The van der Waals surface area contributed by atoms with E-state index in [1.54, 1.807) is 6.07 Å². The molecule has 1 N–H and O–H groups in total. The van der Waals surface area contributed by atoms with E-state index in [1.807, 2.05) is 48.5 Å². The van der Waals surface area contributed by atoms with Crippen LogP contribution in [0.15, 0.2) is 70.9 Å². The third kappa shape index (κ3) is 2.69. The van der Waals surface area contributed by atoms with Gasteiger partial charge in [0, 0.05) is 5.75 Å². The van der Waals surface area contributed by atoms with E-state index in [1.165, 1.54) is 22.7 Å². The maximum absolute atomic E-state index is 12.9. The largest absolute Gasteiger partial charge is 0.269 e. The van der Waals surface area contributed by atoms with Gasteiger partial charge in [0.1, 0.15) is 6.33 Å². The Morgan fingerprint density at radius 1 is 1.04 bits per heavy atom. The van der Waals surface area contributed by atoms with Crippen molar-refractivity contribution in [1.29, 1.82) is 0 Å². The van der Waals surface area contributed by atoms with E-state index in [4.69, 9.17) is 0 Å². The number of para-hydroxylation sites is 1. The van der Waals surface area contributed by atoms with Crippen molar-refractivity contribution in [2.75, 3.05) is 0 Å². The molecule has 0 aliphatic heterocycles. The zero-order valence-corrected chi connectivity index (χ0v) is 13.4. The minimum atomic E-state index is -0.159. The van der Waals surface area contributed by atoms with Crippen LogP contribution in [0.25, 0.3) is 16.9 Å². The maximum Gasteiger partial charge on any atom is 0.269 e. The molecule has 6 nitrogen and oxygen atoms in total. The van der Waals surface area contributed by atoms with Crippen LogP contribution in [0.2, 0.25) is 0 Å². The normalized spacial score (nSPS) is 11.0. The zero-order chi connectivity index (χ0) is 16.4. The lowest BCUT2D eigenvalue weighted by Crippen LogP contribution is -2.22. The minimum Gasteiger partial charge on any atom is -0.268 e. The van der Waals surface area contributed by atoms with Crippen LogP contribution in [0.4, 0.5) is 0 Å². The molecule has 0 fully saturated rings. The SMILES string of the molecule is O=c1c2ccccc2nc(SCc2ccccc2)n1-c1ncn[nH]1. The summed E-state index contributed by atoms with van der Waals surface area (Å²) >= 11 is 1.49. The van der Waals surface area contributed by atoms with Crippen LogP contribution in [0.3, 0.4) is 0 Å². The molecule has 7 heteroatoms. The quantitative estimate of drug-likeness (QED) is 0.458. The number of aromatic nitrogens is 5. The van der Waals surface area contributed by atoms with Crippen LogP contribution in [-0.4, -0.2) is 24.7 Å². The highest BCUT2D eigenvalue weighted by Crippen LogP contribution is 2.23. The highest BCUT2D eigenvalue weighted by Gasteiger charge is 2.15. The lowest BCUT2D eigenvalue weighted by molar-refractivity contribution is 0.771. The summed E-state index contributed by atoms with van der Waals surface area (Å²) in [5.74, 6) is 1.08. The molecule has 0 unspecified atom stereocenters. The van der Waals surface area contributed by atoms with Gasteiger partial charge in [-0.1, -0.05) is 54.2 Å². The standard InChI is InChI=1S/C17H13N5OS/c23-15-13-8-4-5-9-14(13)20-17(22(15)16-18-11-19-21-16)24-10-12-6-2-1-3-7-12/h1-9,11H,10H2,(H,18,19,21). The first-order valence-electron chi connectivity index (χ1n) is 7.37. The van der Waals surface area contributed by atoms with Crippen molar-refractivity contribution in [3.8, 4) is 5.95 Å². The highest BCUT2D eigenvalue weighted by atomic mass is 32.2. The van der Waals surface area contributed by atoms with Crippen molar-refractivity contribution < 1.29 is 0 Å². The lowest BCUT2D eigenvalue weighted by atomic mass is 10.2. The number of nitrogens with zero attached hydrogens (tertiary/aromatic N) is 4. The second kappa shape index (κ2) is 6.29. The van der Waals surface area contributed by atoms with Gasteiger partial charge in [-0.3, -0.25) is 4.79 Å². The van der Waals surface area contributed by atoms with Gasteiger partial charge in [0.15, 0.2) is 5.16 Å². The van der Waals surface area contributed by atoms with Gasteiger partial charge in [-0.25, -0.2) is 14.6 Å². The molecule has 0 aliphatic carbocycles. The Bertz CT molecular complexity index is 1030. The van der Waals surface area contributed by atoms with Gasteiger partial charge in [-0.05, 0) is 17.7 Å². The van der Waals surface area contributed by atoms with Crippen molar-refractivity contribution in [2.45, 2.75) is 10.9 Å². The molecule has 0 radical (unpaired) electrons. The third-order valence-electron chi connectivity index (χ3n) is 3.57. The first kappa shape index (κ1) is 14.6. The number of thioether (sulfide) groups is 1. The van der Waals surface area contributed by atoms with Crippen molar-refractivity contribution in [3.63, 3.8) is 0 Å². The Balaban J connectivity index is 1.83. The molecular weight excluding hydrogens is 322 g/mol. The van der Waals surface area contributed by atoms with Gasteiger partial charge in [0.2, 0.25) is 5.95 Å². The molecule has 118 valence electrons. The van der Waals surface area contributed by atoms with Crippen molar-refractivity contribution in [3.05, 3.63) is 76.8 Å². The topological polar surface area (TPSA) is 76.5 Å². The predicted octanol–water partition coefficient (Wildman–Crippen LogP) is 2.80. The second-order valence-corrected chi connectivity index (χ2v) is 6.08. The summed E-state index contributed by atoms with van der Waals surface area (Å²) in [4.78, 5) is 21.6. The van der Waals surface area contributed by atoms with E-state index in [2.05, 4.69) is 20.2 Å². The Morgan fingerprint density at radius 3 is 2.62 bits per heavy atom. The molecule has 0 saturated heterocycles. The monoisotopic (exact) mass is 335 g/mol. The smallest absolute Gasteiger partial charge is 0.268 e. The lowest BCUT2D eigenvalue weighted by Gasteiger charge is -2.10. The number of H-pyrrole nitrogens is 1. The summed E-state index contributed by atoms with van der Waals surface area (Å²) in [6, 6.07) is 17.4. The van der Waals surface area contributed by atoms with Crippen LogP contribution in [-0.2, 0) is 5.75 Å². The van der Waals surface area contributed by atoms with E-state index >= 15 is 0 Å². The first-order chi connectivity index (χ1) is 11.8. The van der Waals surface area contributed by atoms with Gasteiger partial charge >= 0.3 is 0 Å². The van der Waals surface area contributed by atoms with Crippen molar-refractivity contribution in [1.82, 2.24) is 24.7 Å². The fourth-order valence-corrected chi connectivity index (χ4v) is 3.37. The van der Waals surface area contributed by atoms with Crippen LogP contribution < -0.4 is 5.56 Å². The Morgan fingerprint density at radius 2 is 1.83 bits per heavy atom. The summed E-state index contributed by atoms with van der Waals surface area (Å²) in [6.45, 7) is 0. The van der Waals surface area contributed by atoms with E-state index in [0.29, 0.717) is 27.8 Å². The minimum absolute atomic E-state index is 0.159. The summed E-state index contributed by atoms with van der Waals surface area (Å²) < 4.78 is 1.48. The van der Waals surface area contributed by atoms with E-state index in [9.17, 15) is 4.79 Å². The van der Waals surface area contributed by atoms with Crippen molar-refractivity contribution >= 4 is 22.7 Å². The number of fused-ring (bicyclic) bond motifs is 1. The fourth-order valence-electron chi connectivity index (χ4n) is 2.42. The molecule has 0 spiro atoms. The van der Waals surface area contributed by atoms with Crippen LogP contribution in [0.1, 0.15) is 5.56 Å². The molecule has 0 saturated carbocycles. The van der Waals surface area contributed by atoms with Gasteiger partial charge in [-0.15, -0.1) is 0 Å². The summed E-state index contributed by atoms with van der Waals surface area (Å²) in [7, 11) is 0. The molecule has 4 rings (SSSR count). The Hall–Kier alpha value is -2.93. The zero-order valence-electron chi connectivity index (χ0n) is 12.6. The molecule has 0 bridgehead atoms. The fraction of sp³-hybridized carbons (Fsp3) is 0.0588. The molecule has 24 heavy (non-hydrogen) atoms.